The Labute approximate surface area is 152 Å². The molecule has 8 heteroatoms. The summed E-state index contributed by atoms with van der Waals surface area (Å²) >= 11 is 0. The molecule has 1 amide bonds. The number of carbonyl (C=O) groups excluding carboxylic acids is 1. The molecule has 8 nitrogen and oxygen atoms in total. The molecule has 0 spiro atoms. The van der Waals surface area contributed by atoms with Crippen LogP contribution in [-0.2, 0) is 5.54 Å². The van der Waals surface area contributed by atoms with Crippen LogP contribution in [0.1, 0.15) is 56.6 Å². The molecule has 0 radical (unpaired) electrons. The van der Waals surface area contributed by atoms with E-state index < -0.39 is 0 Å². The van der Waals surface area contributed by atoms with E-state index in [2.05, 4.69) is 65.2 Å². The summed E-state index contributed by atoms with van der Waals surface area (Å²) in [5.41, 5.74) is 1.98. The molecule has 0 saturated heterocycles. The van der Waals surface area contributed by atoms with E-state index in [4.69, 9.17) is 0 Å². The summed E-state index contributed by atoms with van der Waals surface area (Å²) in [5.74, 6) is 1.14. The highest BCUT2D eigenvalue weighted by Crippen LogP contribution is 2.25. The molecule has 0 aliphatic carbocycles. The van der Waals surface area contributed by atoms with Crippen LogP contribution in [0.3, 0.4) is 0 Å². The number of nitrogens with one attached hydrogen (secondary N) is 2. The fraction of sp³-hybridized carbons (Fsp3) is 0.389. The first kappa shape index (κ1) is 17.8. The van der Waals surface area contributed by atoms with Crippen LogP contribution in [0.25, 0.3) is 11.5 Å². The first-order valence-corrected chi connectivity index (χ1v) is 8.49. The van der Waals surface area contributed by atoms with Gasteiger partial charge in [-0.2, -0.15) is 10.2 Å². The third-order valence-corrected chi connectivity index (χ3v) is 3.89. The third kappa shape index (κ3) is 3.63. The molecule has 3 heterocycles. The van der Waals surface area contributed by atoms with Gasteiger partial charge in [-0.25, -0.2) is 4.98 Å². The Kier molecular flexibility index (Phi) is 4.58. The van der Waals surface area contributed by atoms with Gasteiger partial charge in [0.05, 0.1) is 11.1 Å². The van der Waals surface area contributed by atoms with Crippen molar-refractivity contribution in [3.63, 3.8) is 0 Å². The fourth-order valence-corrected chi connectivity index (χ4v) is 2.59. The van der Waals surface area contributed by atoms with E-state index in [0.29, 0.717) is 28.8 Å². The van der Waals surface area contributed by atoms with Crippen molar-refractivity contribution >= 4 is 11.7 Å². The average Bonchev–Trinajstić information content (AvgIpc) is 3.24. The van der Waals surface area contributed by atoms with E-state index in [1.165, 1.54) is 12.5 Å². The van der Waals surface area contributed by atoms with Crippen molar-refractivity contribution in [2.24, 2.45) is 0 Å². The Balaban J connectivity index is 1.80. The predicted molar refractivity (Wildman–Crippen MR) is 98.9 cm³/mol. The van der Waals surface area contributed by atoms with E-state index in [-0.39, 0.29) is 11.4 Å². The highest BCUT2D eigenvalue weighted by Gasteiger charge is 2.22. The minimum Gasteiger partial charge on any atom is -0.305 e. The maximum atomic E-state index is 12.5. The zero-order chi connectivity index (χ0) is 18.9. The molecule has 2 N–H and O–H groups in total. The van der Waals surface area contributed by atoms with E-state index >= 15 is 0 Å². The monoisotopic (exact) mass is 353 g/mol. The lowest BCUT2D eigenvalue weighted by Crippen LogP contribution is -2.26. The maximum absolute atomic E-state index is 12.5. The summed E-state index contributed by atoms with van der Waals surface area (Å²) in [6, 6.07) is 5.34. The van der Waals surface area contributed by atoms with Crippen LogP contribution >= 0.6 is 0 Å². The second kappa shape index (κ2) is 6.70. The first-order valence-electron chi connectivity index (χ1n) is 8.49. The molecule has 3 aromatic rings. The lowest BCUT2D eigenvalue weighted by Gasteiger charge is -2.23. The normalized spacial score (nSPS) is 11.8. The molecule has 0 aliphatic rings. The molecule has 0 fully saturated rings. The Bertz CT molecular complexity index is 887. The van der Waals surface area contributed by atoms with Crippen molar-refractivity contribution in [2.75, 3.05) is 5.32 Å². The number of amides is 1. The Morgan fingerprint density at radius 2 is 2.00 bits per heavy atom. The van der Waals surface area contributed by atoms with Crippen molar-refractivity contribution in [3.8, 4) is 11.5 Å². The number of aromatic nitrogens is 6. The molecule has 26 heavy (non-hydrogen) atoms. The number of anilines is 1. The highest BCUT2D eigenvalue weighted by atomic mass is 16.1. The van der Waals surface area contributed by atoms with Gasteiger partial charge < -0.3 is 5.32 Å². The smallest absolute Gasteiger partial charge is 0.258 e. The number of hydrogen-bond donors (Lipinski definition) is 2. The minimum absolute atomic E-state index is 0.164. The molecule has 0 aliphatic heterocycles. The van der Waals surface area contributed by atoms with Gasteiger partial charge >= 0.3 is 0 Å². The molecule has 3 rings (SSSR count). The first-order chi connectivity index (χ1) is 12.3. The quantitative estimate of drug-likeness (QED) is 0.750. The van der Waals surface area contributed by atoms with Gasteiger partial charge in [-0.05, 0) is 38.8 Å². The van der Waals surface area contributed by atoms with Gasteiger partial charge in [0.1, 0.15) is 12.0 Å². The topological polar surface area (TPSA) is 101 Å². The Morgan fingerprint density at radius 1 is 1.23 bits per heavy atom. The molecule has 0 unspecified atom stereocenters. The van der Waals surface area contributed by atoms with Crippen LogP contribution in [0.5, 0.6) is 0 Å². The van der Waals surface area contributed by atoms with E-state index in [1.54, 1.807) is 12.1 Å². The molecule has 0 aromatic carbocycles. The van der Waals surface area contributed by atoms with Crippen molar-refractivity contribution in [1.29, 1.82) is 0 Å². The van der Waals surface area contributed by atoms with Crippen molar-refractivity contribution in [1.82, 2.24) is 29.9 Å². The zero-order valence-electron chi connectivity index (χ0n) is 15.6. The van der Waals surface area contributed by atoms with Crippen LogP contribution < -0.4 is 5.32 Å². The van der Waals surface area contributed by atoms with Gasteiger partial charge in [-0.15, -0.1) is 0 Å². The lowest BCUT2D eigenvalue weighted by atomic mass is 10.1. The molecule has 3 aromatic heterocycles. The standard InChI is InChI=1S/C18H23N7O/c1-11(2)14-8-15(24-25(14)18(3,4)5)22-17(26)12-6-7-13(19-9-12)16-20-10-21-23-16/h6-11H,1-5H3,(H,20,21,23)(H,22,24,26). The minimum atomic E-state index is -0.254. The Hall–Kier alpha value is -3.03. The van der Waals surface area contributed by atoms with Gasteiger partial charge in [0.2, 0.25) is 0 Å². The third-order valence-electron chi connectivity index (χ3n) is 3.89. The molecule has 0 saturated carbocycles. The average molecular weight is 353 g/mol. The van der Waals surface area contributed by atoms with Crippen molar-refractivity contribution in [3.05, 3.63) is 42.0 Å². The van der Waals surface area contributed by atoms with Gasteiger partial charge in [-0.1, -0.05) is 13.8 Å². The van der Waals surface area contributed by atoms with E-state index in [9.17, 15) is 4.79 Å². The number of hydrogen-bond acceptors (Lipinski definition) is 5. The number of H-pyrrole nitrogens is 1. The molecule has 0 bridgehead atoms. The summed E-state index contributed by atoms with van der Waals surface area (Å²) < 4.78 is 1.96. The number of pyridine rings is 1. The number of carbonyl (C=O) groups is 1. The Morgan fingerprint density at radius 3 is 2.50 bits per heavy atom. The second-order valence-corrected chi connectivity index (χ2v) is 7.41. The van der Waals surface area contributed by atoms with Crippen molar-refractivity contribution in [2.45, 2.75) is 46.1 Å². The van der Waals surface area contributed by atoms with Crippen LogP contribution in [0.4, 0.5) is 5.82 Å². The van der Waals surface area contributed by atoms with Gasteiger partial charge in [0, 0.05) is 18.0 Å². The number of nitrogens with zero attached hydrogens (tertiary/aromatic N) is 5. The fourth-order valence-electron chi connectivity index (χ4n) is 2.59. The summed E-state index contributed by atoms with van der Waals surface area (Å²) in [7, 11) is 0. The number of aromatic amines is 1. The molecular formula is C18H23N7O. The zero-order valence-corrected chi connectivity index (χ0v) is 15.6. The van der Waals surface area contributed by atoms with Crippen LogP contribution in [0.2, 0.25) is 0 Å². The van der Waals surface area contributed by atoms with Crippen molar-refractivity contribution < 1.29 is 4.79 Å². The SMILES string of the molecule is CC(C)c1cc(NC(=O)c2ccc(-c3ncn[nH]3)nc2)nn1C(C)(C)C. The maximum Gasteiger partial charge on any atom is 0.258 e. The molecule has 136 valence electrons. The van der Waals surface area contributed by atoms with Crippen LogP contribution in [0, 0.1) is 0 Å². The van der Waals surface area contributed by atoms with E-state index in [0.717, 1.165) is 5.69 Å². The summed E-state index contributed by atoms with van der Waals surface area (Å²) in [6.07, 6.45) is 2.92. The summed E-state index contributed by atoms with van der Waals surface area (Å²) in [4.78, 5) is 20.8. The second-order valence-electron chi connectivity index (χ2n) is 7.41. The van der Waals surface area contributed by atoms with Gasteiger partial charge in [0.15, 0.2) is 11.6 Å². The largest absolute Gasteiger partial charge is 0.305 e. The molecular weight excluding hydrogens is 330 g/mol. The summed E-state index contributed by atoms with van der Waals surface area (Å²) in [5, 5.41) is 14.0. The van der Waals surface area contributed by atoms with Crippen LogP contribution in [0.15, 0.2) is 30.7 Å². The van der Waals surface area contributed by atoms with Crippen LogP contribution in [-0.4, -0.2) is 35.9 Å². The summed E-state index contributed by atoms with van der Waals surface area (Å²) in [6.45, 7) is 10.5. The lowest BCUT2D eigenvalue weighted by molar-refractivity contribution is 0.102. The molecule has 0 atom stereocenters. The van der Waals surface area contributed by atoms with E-state index in [1.807, 2.05) is 10.7 Å². The predicted octanol–water partition coefficient (Wildman–Crippen LogP) is 3.19. The highest BCUT2D eigenvalue weighted by molar-refractivity contribution is 6.03. The number of rotatable bonds is 4. The van der Waals surface area contributed by atoms with Gasteiger partial charge in [0.25, 0.3) is 5.91 Å². The van der Waals surface area contributed by atoms with Gasteiger partial charge in [-0.3, -0.25) is 19.6 Å².